The molecule has 0 atom stereocenters. The number of aromatic nitrogens is 3. The van der Waals surface area contributed by atoms with Gasteiger partial charge in [-0.05, 0) is 82.5 Å². The maximum absolute atomic E-state index is 10.3. The lowest BCUT2D eigenvalue weighted by atomic mass is 9.78. The van der Waals surface area contributed by atoms with Crippen LogP contribution in [-0.4, -0.2) is 88.2 Å². The minimum absolute atomic E-state index is 0.0815. The lowest BCUT2D eigenvalue weighted by Crippen LogP contribution is -2.62. The summed E-state index contributed by atoms with van der Waals surface area (Å²) in [6, 6.07) is 12.8. The molecule has 4 rings (SSSR count). The number of carbonyl (C=O) groups is 3. The molecule has 13 heteroatoms. The summed E-state index contributed by atoms with van der Waals surface area (Å²) in [5.41, 5.74) is 2.10. The van der Waals surface area contributed by atoms with Crippen molar-refractivity contribution in [1.82, 2.24) is 25.4 Å². The van der Waals surface area contributed by atoms with E-state index in [4.69, 9.17) is 25.2 Å². The Kier molecular flexibility index (Phi) is 11.4. The van der Waals surface area contributed by atoms with Crippen LogP contribution in [0.4, 0.5) is 0 Å². The predicted octanol–water partition coefficient (Wildman–Crippen LogP) is 3.54. The molecule has 13 nitrogen and oxygen atoms in total. The average Bonchev–Trinajstić information content (AvgIpc) is 3.39. The number of H-pyrrole nitrogens is 1. The van der Waals surface area contributed by atoms with Gasteiger partial charge in [-0.2, -0.15) is 5.10 Å². The van der Waals surface area contributed by atoms with Gasteiger partial charge in [-0.1, -0.05) is 0 Å². The van der Waals surface area contributed by atoms with Crippen LogP contribution in [-0.2, 0) is 27.5 Å². The number of nitrogens with one attached hydrogen (secondary N) is 2. The molecule has 0 radical (unpaired) electrons. The molecule has 0 aliphatic carbocycles. The largest absolute Gasteiger partial charge is 0.497 e. The molecule has 3 aromatic rings. The number of rotatable bonds is 12. The summed E-state index contributed by atoms with van der Waals surface area (Å²) in [5, 5.41) is 45.3. The normalized spacial score (nSPS) is 16.0. The van der Waals surface area contributed by atoms with E-state index in [-0.39, 0.29) is 11.1 Å². The zero-order chi connectivity index (χ0) is 33.4. The Labute approximate surface area is 262 Å². The number of piperidine rings is 1. The summed E-state index contributed by atoms with van der Waals surface area (Å²) in [6.45, 7) is 11.0. The van der Waals surface area contributed by atoms with Crippen LogP contribution in [0.1, 0.15) is 64.5 Å². The van der Waals surface area contributed by atoms with Gasteiger partial charge in [0.2, 0.25) is 0 Å². The molecule has 3 heterocycles. The van der Waals surface area contributed by atoms with Crippen LogP contribution in [0.25, 0.3) is 11.3 Å². The van der Waals surface area contributed by atoms with Crippen LogP contribution >= 0.6 is 0 Å². The second-order valence-electron chi connectivity index (χ2n) is 12.7. The summed E-state index contributed by atoms with van der Waals surface area (Å²) >= 11 is 0. The van der Waals surface area contributed by atoms with E-state index in [0.29, 0.717) is 6.04 Å². The number of aliphatic hydroxyl groups is 1. The van der Waals surface area contributed by atoms with Gasteiger partial charge in [0, 0.05) is 53.7 Å². The van der Waals surface area contributed by atoms with Crippen LogP contribution in [0.5, 0.6) is 5.75 Å². The Morgan fingerprint density at radius 2 is 1.49 bits per heavy atom. The fourth-order valence-corrected chi connectivity index (χ4v) is 5.93. The second kappa shape index (κ2) is 14.6. The molecule has 244 valence electrons. The molecule has 0 saturated carbocycles. The minimum Gasteiger partial charge on any atom is -0.497 e. The topological polar surface area (TPSA) is 198 Å². The van der Waals surface area contributed by atoms with Crippen molar-refractivity contribution >= 4 is 17.9 Å². The lowest BCUT2D eigenvalue weighted by molar-refractivity contribution is -0.170. The first-order chi connectivity index (χ1) is 21.0. The molecular weight excluding hydrogens is 582 g/mol. The fourth-order valence-electron chi connectivity index (χ4n) is 5.93. The first-order valence-corrected chi connectivity index (χ1v) is 14.5. The number of nitrogens with zero attached hydrogens (tertiary/aromatic N) is 3. The van der Waals surface area contributed by atoms with E-state index in [2.05, 4.69) is 77.4 Å². The zero-order valence-corrected chi connectivity index (χ0v) is 26.3. The van der Waals surface area contributed by atoms with Gasteiger partial charge in [0.25, 0.3) is 0 Å². The highest BCUT2D eigenvalue weighted by molar-refractivity contribution is 5.88. The molecule has 0 bridgehead atoms. The van der Waals surface area contributed by atoms with E-state index in [0.717, 1.165) is 42.9 Å². The molecule has 1 fully saturated rings. The Morgan fingerprint density at radius 1 is 0.933 bits per heavy atom. The van der Waals surface area contributed by atoms with Gasteiger partial charge in [0.15, 0.2) is 5.60 Å². The minimum atomic E-state index is -2.74. The number of carboxylic acid groups (broad SMARTS) is 3. The second-order valence-corrected chi connectivity index (χ2v) is 12.7. The van der Waals surface area contributed by atoms with E-state index in [1.54, 1.807) is 7.11 Å². The number of ether oxygens (including phenoxy) is 1. The molecule has 1 aliphatic heterocycles. The van der Waals surface area contributed by atoms with E-state index in [1.165, 1.54) is 11.1 Å². The first-order valence-electron chi connectivity index (χ1n) is 14.5. The van der Waals surface area contributed by atoms with Gasteiger partial charge in [-0.3, -0.25) is 24.6 Å². The fraction of sp³-hybridized carbons (Fsp3) is 0.469. The third-order valence-electron chi connectivity index (χ3n) is 7.58. The van der Waals surface area contributed by atoms with Gasteiger partial charge >= 0.3 is 17.9 Å². The van der Waals surface area contributed by atoms with Gasteiger partial charge < -0.3 is 30.5 Å². The SMILES string of the molecule is COc1ccc(-c2[nH]ncc2CN(Cc2ccncc2)C2CC(C)(C)NC(C)(C)C2)cc1.O=C(O)CC(O)(CC(=O)O)C(=O)O. The monoisotopic (exact) mass is 625 g/mol. The third-order valence-corrected chi connectivity index (χ3v) is 7.58. The van der Waals surface area contributed by atoms with Crippen molar-refractivity contribution < 1.29 is 39.5 Å². The predicted molar refractivity (Wildman–Crippen MR) is 165 cm³/mol. The van der Waals surface area contributed by atoms with Crippen molar-refractivity contribution in [3.05, 3.63) is 66.1 Å². The smallest absolute Gasteiger partial charge is 0.336 e. The third kappa shape index (κ3) is 10.4. The molecule has 1 aromatic carbocycles. The van der Waals surface area contributed by atoms with Crippen molar-refractivity contribution in [1.29, 1.82) is 0 Å². The number of benzene rings is 1. The molecule has 1 aliphatic rings. The standard InChI is InChI=1S/C26H35N5O.C6H8O7/c1-25(2)14-22(15-26(3,4)30-25)31(17-19-10-12-27-13-11-19)18-21-16-28-29-24(21)20-6-8-23(32-5)9-7-20;7-3(8)1-6(13,5(11)12)2-4(9)10/h6-13,16,22,30H,14-15,17-18H2,1-5H3,(H,28,29);13H,1-2H2,(H,7,8)(H,9,10)(H,11,12). The molecule has 0 spiro atoms. The molecular formula is C32H43N5O8. The Balaban J connectivity index is 0.000000360. The first kappa shape index (κ1) is 35.2. The van der Waals surface area contributed by atoms with E-state index < -0.39 is 36.4 Å². The van der Waals surface area contributed by atoms with Crippen molar-refractivity contribution in [2.24, 2.45) is 0 Å². The number of aromatic amines is 1. The van der Waals surface area contributed by atoms with Crippen LogP contribution in [0.2, 0.25) is 0 Å². The van der Waals surface area contributed by atoms with Crippen LogP contribution in [0, 0.1) is 0 Å². The number of hydrogen-bond acceptors (Lipinski definition) is 9. The van der Waals surface area contributed by atoms with Crippen molar-refractivity contribution in [2.45, 2.75) is 89.2 Å². The van der Waals surface area contributed by atoms with Gasteiger partial charge in [0.1, 0.15) is 5.75 Å². The highest BCUT2D eigenvalue weighted by atomic mass is 16.5. The summed E-state index contributed by atoms with van der Waals surface area (Å²) in [6.07, 6.45) is 5.63. The Morgan fingerprint density at radius 3 is 1.98 bits per heavy atom. The van der Waals surface area contributed by atoms with Crippen molar-refractivity contribution in [2.75, 3.05) is 7.11 Å². The Hall–Kier alpha value is -4.33. The van der Waals surface area contributed by atoms with Crippen LogP contribution in [0.3, 0.4) is 0 Å². The highest BCUT2D eigenvalue weighted by Crippen LogP contribution is 2.34. The molecule has 6 N–H and O–H groups in total. The summed E-state index contributed by atoms with van der Waals surface area (Å²) < 4.78 is 5.32. The summed E-state index contributed by atoms with van der Waals surface area (Å²) in [4.78, 5) is 37.3. The van der Waals surface area contributed by atoms with E-state index in [1.807, 2.05) is 30.7 Å². The quantitative estimate of drug-likeness (QED) is 0.171. The number of pyridine rings is 1. The van der Waals surface area contributed by atoms with E-state index in [9.17, 15) is 14.4 Å². The Bertz CT molecular complexity index is 1410. The molecule has 0 unspecified atom stereocenters. The van der Waals surface area contributed by atoms with Gasteiger partial charge in [0.05, 0.1) is 31.8 Å². The van der Waals surface area contributed by atoms with Gasteiger partial charge in [-0.15, -0.1) is 0 Å². The number of aliphatic carboxylic acids is 3. The molecule has 0 amide bonds. The number of carboxylic acids is 3. The number of methoxy groups -OCH3 is 1. The summed E-state index contributed by atoms with van der Waals surface area (Å²) in [7, 11) is 1.69. The maximum Gasteiger partial charge on any atom is 0.336 e. The van der Waals surface area contributed by atoms with E-state index >= 15 is 0 Å². The molecule has 45 heavy (non-hydrogen) atoms. The van der Waals surface area contributed by atoms with Gasteiger partial charge in [-0.25, -0.2) is 4.79 Å². The average molecular weight is 626 g/mol. The number of hydrogen-bond donors (Lipinski definition) is 6. The summed E-state index contributed by atoms with van der Waals surface area (Å²) in [5.74, 6) is -4.16. The van der Waals surface area contributed by atoms with Crippen molar-refractivity contribution in [3.63, 3.8) is 0 Å². The zero-order valence-electron chi connectivity index (χ0n) is 26.3. The maximum atomic E-state index is 10.3. The highest BCUT2D eigenvalue weighted by Gasteiger charge is 2.41. The molecule has 1 saturated heterocycles. The van der Waals surface area contributed by atoms with Crippen molar-refractivity contribution in [3.8, 4) is 17.0 Å². The van der Waals surface area contributed by atoms with Crippen LogP contribution in [0.15, 0.2) is 55.0 Å². The lowest BCUT2D eigenvalue weighted by Gasteiger charge is -2.49. The molecule has 2 aromatic heterocycles. The van der Waals surface area contributed by atoms with Crippen LogP contribution < -0.4 is 10.1 Å².